The average molecular weight is 449 g/mol. The third kappa shape index (κ3) is 2.27. The Balaban J connectivity index is 1.70. The minimum atomic E-state index is -0.123. The smallest absolute Gasteiger partial charge is 0.0901 e. The van der Waals surface area contributed by atoms with Gasteiger partial charge in [0.2, 0.25) is 0 Å². The normalized spacial score (nSPS) is 15.1. The van der Waals surface area contributed by atoms with Crippen LogP contribution >= 0.6 is 0 Å². The molecule has 0 atom stereocenters. The Bertz CT molecular complexity index is 1900. The fourth-order valence-corrected chi connectivity index (χ4v) is 6.75. The Hall–Kier alpha value is -4.17. The Labute approximate surface area is 204 Å². The molecule has 35 heavy (non-hydrogen) atoms. The summed E-state index contributed by atoms with van der Waals surface area (Å²) in [6, 6.07) is 33.5. The van der Waals surface area contributed by atoms with Crippen molar-refractivity contribution in [1.29, 1.82) is 0 Å². The van der Waals surface area contributed by atoms with E-state index in [-0.39, 0.29) is 5.41 Å². The van der Waals surface area contributed by atoms with Crippen molar-refractivity contribution in [2.24, 2.45) is 4.99 Å². The molecule has 2 nitrogen and oxygen atoms in total. The van der Waals surface area contributed by atoms with Crippen LogP contribution in [0.25, 0.3) is 49.4 Å². The van der Waals surface area contributed by atoms with Crippen molar-refractivity contribution in [2.75, 3.05) is 0 Å². The Morgan fingerprint density at radius 3 is 2.37 bits per heavy atom. The number of hydrogen-bond acceptors (Lipinski definition) is 1. The molecule has 0 radical (unpaired) electrons. The predicted octanol–water partition coefficient (Wildman–Crippen LogP) is 8.50. The number of fused-ring (bicyclic) bond motifs is 11. The maximum atomic E-state index is 4.85. The minimum Gasteiger partial charge on any atom is -0.307 e. The minimum absolute atomic E-state index is 0.123. The van der Waals surface area contributed by atoms with Gasteiger partial charge in [-0.2, -0.15) is 0 Å². The molecule has 2 heterocycles. The molecule has 1 aliphatic carbocycles. The Morgan fingerprint density at radius 2 is 1.49 bits per heavy atom. The molecular weight excluding hydrogens is 424 g/mol. The van der Waals surface area contributed by atoms with Gasteiger partial charge in [-0.25, -0.2) is 0 Å². The topological polar surface area (TPSA) is 17.3 Å². The second-order valence-corrected chi connectivity index (χ2v) is 10.3. The van der Waals surface area contributed by atoms with Gasteiger partial charge in [0.25, 0.3) is 0 Å². The van der Waals surface area contributed by atoms with E-state index in [0.29, 0.717) is 0 Å². The molecule has 0 unspecified atom stereocenters. The molecule has 1 aliphatic heterocycles. The van der Waals surface area contributed by atoms with Crippen LogP contribution in [0.4, 0.5) is 5.69 Å². The quantitative estimate of drug-likeness (QED) is 0.240. The first-order chi connectivity index (χ1) is 17.2. The van der Waals surface area contributed by atoms with Crippen LogP contribution in [-0.2, 0) is 11.8 Å². The number of nitrogens with zero attached hydrogens (tertiary/aromatic N) is 2. The van der Waals surface area contributed by atoms with E-state index < -0.39 is 0 Å². The summed E-state index contributed by atoms with van der Waals surface area (Å²) in [5.41, 5.74) is 11.6. The van der Waals surface area contributed by atoms with Crippen molar-refractivity contribution in [3.63, 3.8) is 0 Å². The summed E-state index contributed by atoms with van der Waals surface area (Å²) in [4.78, 5) is 4.85. The number of aliphatic imine (C=N–C) groups is 1. The van der Waals surface area contributed by atoms with Crippen LogP contribution in [0.3, 0.4) is 0 Å². The Morgan fingerprint density at radius 1 is 0.743 bits per heavy atom. The molecule has 0 fully saturated rings. The zero-order valence-corrected chi connectivity index (χ0v) is 19.8. The SMILES string of the molecule is CC1(C)c2ccccc2-c2c1c1c(c3ccccc23)c2ccccc2n1-c1cccc2c1N=CC2. The van der Waals surface area contributed by atoms with Gasteiger partial charge in [-0.15, -0.1) is 0 Å². The maximum Gasteiger partial charge on any atom is 0.0901 e. The second-order valence-electron chi connectivity index (χ2n) is 10.3. The molecule has 6 aromatic rings. The van der Waals surface area contributed by atoms with Gasteiger partial charge in [0.15, 0.2) is 0 Å². The molecule has 0 spiro atoms. The zero-order valence-electron chi connectivity index (χ0n) is 19.8. The van der Waals surface area contributed by atoms with Gasteiger partial charge in [-0.05, 0) is 50.7 Å². The largest absolute Gasteiger partial charge is 0.307 e. The number of aromatic nitrogens is 1. The van der Waals surface area contributed by atoms with Crippen LogP contribution in [0, 0.1) is 0 Å². The lowest BCUT2D eigenvalue weighted by atomic mass is 9.80. The van der Waals surface area contributed by atoms with E-state index in [1.54, 1.807) is 0 Å². The van der Waals surface area contributed by atoms with Crippen LogP contribution < -0.4 is 0 Å². The van der Waals surface area contributed by atoms with Crippen LogP contribution in [0.1, 0.15) is 30.5 Å². The van der Waals surface area contributed by atoms with Crippen molar-refractivity contribution in [3.8, 4) is 16.8 Å². The van der Waals surface area contributed by atoms with E-state index in [1.807, 2.05) is 6.21 Å². The first-order valence-electron chi connectivity index (χ1n) is 12.4. The van der Waals surface area contributed by atoms with Crippen molar-refractivity contribution < 1.29 is 0 Å². The van der Waals surface area contributed by atoms with Gasteiger partial charge in [0, 0.05) is 28.8 Å². The summed E-state index contributed by atoms with van der Waals surface area (Å²) < 4.78 is 2.51. The maximum absolute atomic E-state index is 4.85. The zero-order chi connectivity index (χ0) is 23.3. The third-order valence-electron chi connectivity index (χ3n) is 8.19. The molecule has 166 valence electrons. The van der Waals surface area contributed by atoms with Crippen molar-refractivity contribution in [2.45, 2.75) is 25.7 Å². The summed E-state index contributed by atoms with van der Waals surface area (Å²) in [6.07, 6.45) is 2.94. The summed E-state index contributed by atoms with van der Waals surface area (Å²) >= 11 is 0. The molecule has 0 saturated heterocycles. The fraction of sp³-hybridized carbons (Fsp3) is 0.121. The molecular formula is C33H24N2. The highest BCUT2D eigenvalue weighted by Crippen LogP contribution is 2.56. The summed E-state index contributed by atoms with van der Waals surface area (Å²) in [5, 5.41) is 5.30. The molecule has 0 N–H and O–H groups in total. The highest BCUT2D eigenvalue weighted by Gasteiger charge is 2.40. The van der Waals surface area contributed by atoms with E-state index in [4.69, 9.17) is 4.99 Å². The van der Waals surface area contributed by atoms with Crippen LogP contribution in [-0.4, -0.2) is 10.8 Å². The first-order valence-corrected chi connectivity index (χ1v) is 12.4. The average Bonchev–Trinajstić information content (AvgIpc) is 3.56. The number of rotatable bonds is 1. The van der Waals surface area contributed by atoms with Crippen molar-refractivity contribution >= 4 is 44.5 Å². The second kappa shape index (κ2) is 6.49. The van der Waals surface area contributed by atoms with Gasteiger partial charge < -0.3 is 4.57 Å². The van der Waals surface area contributed by atoms with E-state index in [0.717, 1.165) is 12.1 Å². The Kier molecular flexibility index (Phi) is 3.55. The van der Waals surface area contributed by atoms with Crippen LogP contribution in [0.5, 0.6) is 0 Å². The molecule has 5 aromatic carbocycles. The van der Waals surface area contributed by atoms with E-state index >= 15 is 0 Å². The number of hydrogen-bond donors (Lipinski definition) is 0. The lowest BCUT2D eigenvalue weighted by molar-refractivity contribution is 0.664. The lowest BCUT2D eigenvalue weighted by Gasteiger charge is -2.24. The lowest BCUT2D eigenvalue weighted by Crippen LogP contribution is -2.16. The van der Waals surface area contributed by atoms with E-state index in [9.17, 15) is 0 Å². The van der Waals surface area contributed by atoms with Crippen LogP contribution in [0.15, 0.2) is 96.0 Å². The predicted molar refractivity (Wildman–Crippen MR) is 148 cm³/mol. The first kappa shape index (κ1) is 19.2. The summed E-state index contributed by atoms with van der Waals surface area (Å²) in [6.45, 7) is 4.78. The van der Waals surface area contributed by atoms with Gasteiger partial charge in [-0.1, -0.05) is 92.7 Å². The highest BCUT2D eigenvalue weighted by molar-refractivity contribution is 6.27. The third-order valence-corrected chi connectivity index (χ3v) is 8.19. The van der Waals surface area contributed by atoms with Crippen molar-refractivity contribution in [1.82, 2.24) is 4.57 Å². The molecule has 1 aromatic heterocycles. The molecule has 0 bridgehead atoms. The molecule has 2 heteroatoms. The van der Waals surface area contributed by atoms with Crippen molar-refractivity contribution in [3.05, 3.63) is 108 Å². The number of benzene rings is 5. The van der Waals surface area contributed by atoms with E-state index in [2.05, 4.69) is 109 Å². The van der Waals surface area contributed by atoms with Gasteiger partial charge >= 0.3 is 0 Å². The molecule has 0 amide bonds. The standard InChI is InChI=1S/C33H24N2/c1-33(2)25-15-7-5-13-23(25)28-21-11-3-4-12-22(21)29-24-14-6-8-16-26(24)35(32(29)30(28)33)27-17-9-10-20-18-19-34-31(20)27/h3-17,19H,18H2,1-2H3. The molecule has 2 aliphatic rings. The fourth-order valence-electron chi connectivity index (χ4n) is 6.75. The monoisotopic (exact) mass is 448 g/mol. The van der Waals surface area contributed by atoms with Crippen LogP contribution in [0.2, 0.25) is 0 Å². The van der Waals surface area contributed by atoms with Gasteiger partial charge in [0.05, 0.1) is 22.4 Å². The molecule has 8 rings (SSSR count). The van der Waals surface area contributed by atoms with Gasteiger partial charge in [-0.3, -0.25) is 4.99 Å². The molecule has 0 saturated carbocycles. The summed E-state index contributed by atoms with van der Waals surface area (Å²) in [7, 11) is 0. The summed E-state index contributed by atoms with van der Waals surface area (Å²) in [5.74, 6) is 0. The van der Waals surface area contributed by atoms with E-state index in [1.165, 1.54) is 66.1 Å². The number of para-hydroxylation sites is 2. The van der Waals surface area contributed by atoms with Gasteiger partial charge in [0.1, 0.15) is 0 Å². The highest BCUT2D eigenvalue weighted by atomic mass is 15.0.